The van der Waals surface area contributed by atoms with Crippen molar-refractivity contribution in [1.29, 1.82) is 0 Å². The number of nitrogens with zero attached hydrogens (tertiary/aromatic N) is 1. The Kier molecular flexibility index (Phi) is 4.61. The maximum Gasteiger partial charge on any atom is 0.254 e. The first-order chi connectivity index (χ1) is 8.92. The second kappa shape index (κ2) is 5.54. The number of aryl methyl sites for hydroxylation is 1. The molecule has 112 valence electrons. The minimum Gasteiger partial charge on any atom is -0.389 e. The van der Waals surface area contributed by atoms with Crippen LogP contribution in [-0.4, -0.2) is 49.8 Å². The molecule has 1 aromatic carbocycles. The van der Waals surface area contributed by atoms with E-state index in [1.165, 1.54) is 17.0 Å². The number of benzene rings is 1. The van der Waals surface area contributed by atoms with Gasteiger partial charge in [-0.1, -0.05) is 6.07 Å². The third-order valence-corrected chi connectivity index (χ3v) is 3.95. The van der Waals surface area contributed by atoms with Gasteiger partial charge in [-0.25, -0.2) is 8.42 Å². The average molecular weight is 299 g/mol. The Morgan fingerprint density at radius 1 is 1.35 bits per heavy atom. The molecule has 0 aliphatic heterocycles. The molecule has 0 atom stereocenters. The van der Waals surface area contributed by atoms with Crippen molar-refractivity contribution < 1.29 is 18.3 Å². The number of hydrogen-bond acceptors (Lipinski definition) is 4. The van der Waals surface area contributed by atoms with E-state index in [1.807, 2.05) is 0 Å². The van der Waals surface area contributed by atoms with Gasteiger partial charge in [-0.05, 0) is 38.5 Å². The SMILES string of the molecule is Cc1ccc(S(C)(=O)=O)cc1C(=O)N(C)CC(C)(C)O. The van der Waals surface area contributed by atoms with E-state index in [1.54, 1.807) is 33.9 Å². The molecule has 1 rings (SSSR count). The molecule has 0 aliphatic carbocycles. The largest absolute Gasteiger partial charge is 0.389 e. The lowest BCUT2D eigenvalue weighted by Gasteiger charge is -2.26. The second-order valence-corrected chi connectivity index (χ2v) is 7.74. The summed E-state index contributed by atoms with van der Waals surface area (Å²) in [5.74, 6) is -0.310. The Morgan fingerprint density at radius 2 is 1.90 bits per heavy atom. The van der Waals surface area contributed by atoms with E-state index in [9.17, 15) is 18.3 Å². The summed E-state index contributed by atoms with van der Waals surface area (Å²) in [4.78, 5) is 13.8. The number of aliphatic hydroxyl groups is 1. The van der Waals surface area contributed by atoms with E-state index in [4.69, 9.17) is 0 Å². The fraction of sp³-hybridized carbons (Fsp3) is 0.500. The molecule has 6 heteroatoms. The third kappa shape index (κ3) is 4.31. The van der Waals surface area contributed by atoms with Crippen LogP contribution in [0.1, 0.15) is 29.8 Å². The smallest absolute Gasteiger partial charge is 0.254 e. The van der Waals surface area contributed by atoms with E-state index < -0.39 is 15.4 Å². The van der Waals surface area contributed by atoms with E-state index >= 15 is 0 Å². The Hall–Kier alpha value is -1.40. The molecule has 1 N–H and O–H groups in total. The van der Waals surface area contributed by atoms with Crippen molar-refractivity contribution in [2.45, 2.75) is 31.3 Å². The van der Waals surface area contributed by atoms with Crippen LogP contribution in [0.3, 0.4) is 0 Å². The van der Waals surface area contributed by atoms with Crippen LogP contribution in [0.25, 0.3) is 0 Å². The first-order valence-corrected chi connectivity index (χ1v) is 8.09. The van der Waals surface area contributed by atoms with Gasteiger partial charge in [0.05, 0.1) is 10.5 Å². The van der Waals surface area contributed by atoms with Crippen LogP contribution in [0.15, 0.2) is 23.1 Å². The first kappa shape index (κ1) is 16.7. The quantitative estimate of drug-likeness (QED) is 0.907. The van der Waals surface area contributed by atoms with Gasteiger partial charge in [0.2, 0.25) is 0 Å². The number of carbonyl (C=O) groups excluding carboxylic acids is 1. The summed E-state index contributed by atoms with van der Waals surface area (Å²) in [5.41, 5.74) is 0.0249. The van der Waals surface area contributed by atoms with Crippen LogP contribution in [0.2, 0.25) is 0 Å². The zero-order chi connectivity index (χ0) is 15.7. The molecule has 0 bridgehead atoms. The summed E-state index contributed by atoms with van der Waals surface area (Å²) in [6.07, 6.45) is 1.10. The molecular formula is C14H21NO4S. The Labute approximate surface area is 120 Å². The molecule has 0 fully saturated rings. The predicted octanol–water partition coefficient (Wildman–Crippen LogP) is 1.24. The van der Waals surface area contributed by atoms with Gasteiger partial charge in [0.15, 0.2) is 9.84 Å². The van der Waals surface area contributed by atoms with Crippen LogP contribution >= 0.6 is 0 Å². The molecule has 0 radical (unpaired) electrons. The van der Waals surface area contributed by atoms with Gasteiger partial charge in [-0.2, -0.15) is 0 Å². The Balaban J connectivity index is 3.16. The van der Waals surface area contributed by atoms with Gasteiger partial charge in [0, 0.05) is 25.4 Å². The highest BCUT2D eigenvalue weighted by molar-refractivity contribution is 7.90. The maximum atomic E-state index is 12.3. The number of sulfone groups is 1. The van der Waals surface area contributed by atoms with E-state index in [-0.39, 0.29) is 17.3 Å². The highest BCUT2D eigenvalue weighted by atomic mass is 32.2. The summed E-state index contributed by atoms with van der Waals surface area (Å²) in [6.45, 7) is 5.12. The van der Waals surface area contributed by atoms with Crippen molar-refractivity contribution in [2.24, 2.45) is 0 Å². The minimum atomic E-state index is -3.36. The lowest BCUT2D eigenvalue weighted by molar-refractivity contribution is 0.0367. The summed E-state index contributed by atoms with van der Waals surface area (Å²) in [7, 11) is -1.78. The molecule has 0 aromatic heterocycles. The van der Waals surface area contributed by atoms with Gasteiger partial charge < -0.3 is 10.0 Å². The highest BCUT2D eigenvalue weighted by Gasteiger charge is 2.22. The number of likely N-dealkylation sites (N-methyl/N-ethyl adjacent to an activating group) is 1. The standard InChI is InChI=1S/C14H21NO4S/c1-10-6-7-11(20(5,18)19)8-12(10)13(16)15(4)9-14(2,3)17/h6-8,17H,9H2,1-5H3. The van der Waals surface area contributed by atoms with Crippen molar-refractivity contribution in [3.05, 3.63) is 29.3 Å². The molecule has 0 unspecified atom stereocenters. The zero-order valence-electron chi connectivity index (χ0n) is 12.5. The number of rotatable bonds is 4. The van der Waals surface area contributed by atoms with Gasteiger partial charge in [-0.3, -0.25) is 4.79 Å². The van der Waals surface area contributed by atoms with Crippen molar-refractivity contribution in [3.8, 4) is 0 Å². The lowest BCUT2D eigenvalue weighted by Crippen LogP contribution is -2.40. The Morgan fingerprint density at radius 3 is 2.35 bits per heavy atom. The molecule has 1 amide bonds. The second-order valence-electron chi connectivity index (χ2n) is 5.72. The number of carbonyl (C=O) groups is 1. The summed E-state index contributed by atoms with van der Waals surface area (Å²) in [5, 5.41) is 9.75. The summed E-state index contributed by atoms with van der Waals surface area (Å²) >= 11 is 0. The molecule has 0 saturated heterocycles. The number of amides is 1. The normalized spacial score (nSPS) is 12.3. The molecule has 20 heavy (non-hydrogen) atoms. The van der Waals surface area contributed by atoms with Crippen molar-refractivity contribution in [3.63, 3.8) is 0 Å². The highest BCUT2D eigenvalue weighted by Crippen LogP contribution is 2.18. The fourth-order valence-corrected chi connectivity index (χ4v) is 2.57. The summed E-state index contributed by atoms with van der Waals surface area (Å²) < 4.78 is 23.1. The van der Waals surface area contributed by atoms with E-state index in [2.05, 4.69) is 0 Å². The van der Waals surface area contributed by atoms with Crippen LogP contribution in [0, 0.1) is 6.92 Å². The third-order valence-electron chi connectivity index (χ3n) is 2.84. The van der Waals surface area contributed by atoms with Gasteiger partial charge in [0.1, 0.15) is 0 Å². The average Bonchev–Trinajstić information content (AvgIpc) is 2.24. The fourth-order valence-electron chi connectivity index (χ4n) is 1.92. The zero-order valence-corrected chi connectivity index (χ0v) is 13.3. The van der Waals surface area contributed by atoms with Gasteiger partial charge >= 0.3 is 0 Å². The van der Waals surface area contributed by atoms with Crippen LogP contribution in [0.4, 0.5) is 0 Å². The Bertz CT molecular complexity index is 615. The lowest BCUT2D eigenvalue weighted by atomic mass is 10.1. The summed E-state index contributed by atoms with van der Waals surface area (Å²) in [6, 6.07) is 4.48. The molecule has 1 aromatic rings. The molecular weight excluding hydrogens is 278 g/mol. The van der Waals surface area contributed by atoms with Crippen molar-refractivity contribution in [2.75, 3.05) is 19.8 Å². The first-order valence-electron chi connectivity index (χ1n) is 6.20. The molecule has 0 heterocycles. The van der Waals surface area contributed by atoms with Gasteiger partial charge in [0.25, 0.3) is 5.91 Å². The molecule has 0 spiro atoms. The maximum absolute atomic E-state index is 12.3. The number of hydrogen-bond donors (Lipinski definition) is 1. The minimum absolute atomic E-state index is 0.114. The van der Waals surface area contributed by atoms with Crippen LogP contribution in [-0.2, 0) is 9.84 Å². The molecule has 5 nitrogen and oxygen atoms in total. The van der Waals surface area contributed by atoms with Crippen molar-refractivity contribution >= 4 is 15.7 Å². The van der Waals surface area contributed by atoms with Crippen LogP contribution < -0.4 is 0 Å². The van der Waals surface area contributed by atoms with E-state index in [0.29, 0.717) is 11.1 Å². The van der Waals surface area contributed by atoms with Crippen molar-refractivity contribution in [1.82, 2.24) is 4.90 Å². The van der Waals surface area contributed by atoms with E-state index in [0.717, 1.165) is 6.26 Å². The topological polar surface area (TPSA) is 74.7 Å². The molecule has 0 aliphatic rings. The monoisotopic (exact) mass is 299 g/mol. The molecule has 0 saturated carbocycles. The predicted molar refractivity (Wildman–Crippen MR) is 77.5 cm³/mol. The van der Waals surface area contributed by atoms with Gasteiger partial charge in [-0.15, -0.1) is 0 Å². The van der Waals surface area contributed by atoms with Crippen LogP contribution in [0.5, 0.6) is 0 Å².